The zero-order chi connectivity index (χ0) is 28.7. The van der Waals surface area contributed by atoms with E-state index in [0.29, 0.717) is 37.1 Å². The van der Waals surface area contributed by atoms with Crippen molar-refractivity contribution in [2.24, 2.45) is 0 Å². The van der Waals surface area contributed by atoms with E-state index in [1.807, 2.05) is 20.8 Å². The fourth-order valence-corrected chi connectivity index (χ4v) is 5.82. The Morgan fingerprint density at radius 1 is 0.550 bits per heavy atom. The second-order valence-corrected chi connectivity index (χ2v) is 11.2. The molecule has 13 heteroatoms. The molecule has 0 N–H and O–H groups in total. The zero-order valence-electron chi connectivity index (χ0n) is 22.8. The van der Waals surface area contributed by atoms with Crippen LogP contribution in [0.2, 0.25) is 0 Å². The van der Waals surface area contributed by atoms with Crippen LogP contribution < -0.4 is 26.9 Å². The molecule has 0 unspecified atom stereocenters. The Hall–Kier alpha value is -3.23. The number of rotatable bonds is 18. The predicted octanol–water partition coefficient (Wildman–Crippen LogP) is 3.85. The van der Waals surface area contributed by atoms with Crippen LogP contribution >= 0.6 is 0 Å². The number of hydrogen-bond donors (Lipinski definition) is 0. The molecule has 3 heterocycles. The van der Waals surface area contributed by atoms with Crippen molar-refractivity contribution in [3.63, 3.8) is 0 Å². The summed E-state index contributed by atoms with van der Waals surface area (Å²) in [6, 6.07) is 3.68. The predicted molar refractivity (Wildman–Crippen MR) is 142 cm³/mol. The molecule has 0 aromatic carbocycles. The van der Waals surface area contributed by atoms with Crippen LogP contribution in [0.4, 0.5) is 0 Å². The molecule has 3 rings (SSSR count). The van der Waals surface area contributed by atoms with E-state index in [1.54, 1.807) is 0 Å². The average Bonchev–Trinajstić information content (AvgIpc) is 2.93. The van der Waals surface area contributed by atoms with Gasteiger partial charge in [0.25, 0.3) is 0 Å². The van der Waals surface area contributed by atoms with E-state index in [4.69, 9.17) is 38.0 Å². The van der Waals surface area contributed by atoms with Gasteiger partial charge in [0, 0.05) is 0 Å². The molecule has 0 bridgehead atoms. The maximum absolute atomic E-state index is 12.7. The average molecular weight is 619 g/mol. The Morgan fingerprint density at radius 2 is 0.850 bits per heavy atom. The molecular formula is C27H33GaO12. The molecule has 0 aliphatic rings. The molecule has 0 spiro atoms. The third kappa shape index (κ3) is 10.1. The van der Waals surface area contributed by atoms with Gasteiger partial charge in [-0.05, 0) is 0 Å². The summed E-state index contributed by atoms with van der Waals surface area (Å²) in [4.78, 5) is 38.0. The molecule has 0 fully saturated rings. The normalized spacial score (nSPS) is 10.9. The fraction of sp³-hybridized carbons (Fsp3) is 0.444. The molecule has 0 atom stereocenters. The van der Waals surface area contributed by atoms with Gasteiger partial charge in [0.05, 0.1) is 0 Å². The van der Waals surface area contributed by atoms with E-state index >= 15 is 0 Å². The molecule has 0 saturated carbocycles. The molecule has 0 radical (unpaired) electrons. The van der Waals surface area contributed by atoms with E-state index in [-0.39, 0.29) is 37.1 Å². The van der Waals surface area contributed by atoms with E-state index in [2.05, 4.69) is 0 Å². The first kappa shape index (κ1) is 31.3. The molecule has 216 valence electrons. The SMILES string of the molecule is CCCOCc1cc(=O)c([O][Ga]([O]c2coc(COCCC)cc2=O)[O]c2coc(COCCC)cc2=O)co1. The van der Waals surface area contributed by atoms with Crippen molar-refractivity contribution >= 4 is 17.3 Å². The van der Waals surface area contributed by atoms with Crippen LogP contribution in [-0.4, -0.2) is 37.1 Å². The standard InChI is InChI=1S/3C9H12O4.Ga/c3*1-2-3-12-5-7-4-8(10)9(11)6-13-7;/h3*4,6,11H,2-3,5H2,1H3;/q;;;+3/p-3. The summed E-state index contributed by atoms with van der Waals surface area (Å²) in [5.41, 5.74) is -1.56. The van der Waals surface area contributed by atoms with Gasteiger partial charge in [0.15, 0.2) is 0 Å². The van der Waals surface area contributed by atoms with Gasteiger partial charge >= 0.3 is 237 Å². The van der Waals surface area contributed by atoms with Crippen LogP contribution in [0, 0.1) is 0 Å². The molecule has 0 amide bonds. The van der Waals surface area contributed by atoms with Gasteiger partial charge in [-0.3, -0.25) is 0 Å². The molecule has 12 nitrogen and oxygen atoms in total. The Morgan fingerprint density at radius 3 is 1.10 bits per heavy atom. The summed E-state index contributed by atoms with van der Waals surface area (Å²) in [7, 11) is 0. The molecule has 0 aliphatic carbocycles. The van der Waals surface area contributed by atoms with Gasteiger partial charge in [-0.2, -0.15) is 0 Å². The Labute approximate surface area is 237 Å². The van der Waals surface area contributed by atoms with Crippen LogP contribution in [0.15, 0.2) is 64.6 Å². The van der Waals surface area contributed by atoms with Crippen molar-refractivity contribution in [1.29, 1.82) is 0 Å². The van der Waals surface area contributed by atoms with Gasteiger partial charge < -0.3 is 0 Å². The van der Waals surface area contributed by atoms with Crippen molar-refractivity contribution in [3.05, 3.63) is 84.9 Å². The maximum atomic E-state index is 12.7. The van der Waals surface area contributed by atoms with E-state index in [0.717, 1.165) is 38.1 Å². The van der Waals surface area contributed by atoms with Crippen LogP contribution in [0.5, 0.6) is 17.2 Å². The molecule has 40 heavy (non-hydrogen) atoms. The fourth-order valence-electron chi connectivity index (χ4n) is 3.14. The van der Waals surface area contributed by atoms with Crippen molar-refractivity contribution in [2.45, 2.75) is 59.9 Å². The first-order valence-electron chi connectivity index (χ1n) is 13.0. The van der Waals surface area contributed by atoms with Crippen molar-refractivity contribution in [3.8, 4) is 17.2 Å². The number of ether oxygens (including phenoxy) is 3. The molecule has 0 aliphatic heterocycles. The van der Waals surface area contributed by atoms with Crippen LogP contribution in [0.1, 0.15) is 57.3 Å². The first-order chi connectivity index (χ1) is 19.4. The van der Waals surface area contributed by atoms with Crippen LogP contribution in [0.3, 0.4) is 0 Å². The third-order valence-electron chi connectivity index (χ3n) is 5.00. The van der Waals surface area contributed by atoms with E-state index in [1.165, 1.54) is 18.2 Å². The third-order valence-corrected chi connectivity index (χ3v) is 7.81. The molecular weight excluding hydrogens is 586 g/mol. The second kappa shape index (κ2) is 16.8. The van der Waals surface area contributed by atoms with E-state index in [9.17, 15) is 14.4 Å². The van der Waals surface area contributed by atoms with Gasteiger partial charge in [-0.1, -0.05) is 0 Å². The van der Waals surface area contributed by atoms with E-state index < -0.39 is 33.6 Å². The topological polar surface area (TPSA) is 146 Å². The van der Waals surface area contributed by atoms with Gasteiger partial charge in [-0.25, -0.2) is 0 Å². The monoisotopic (exact) mass is 618 g/mol. The van der Waals surface area contributed by atoms with Crippen molar-refractivity contribution < 1.29 is 38.0 Å². The van der Waals surface area contributed by atoms with Crippen molar-refractivity contribution in [1.82, 2.24) is 0 Å². The molecule has 3 aromatic rings. The zero-order valence-corrected chi connectivity index (χ0v) is 25.2. The van der Waals surface area contributed by atoms with Gasteiger partial charge in [0.2, 0.25) is 0 Å². The summed E-state index contributed by atoms with van der Waals surface area (Å²) in [6.07, 6.45) is 5.76. The quantitative estimate of drug-likeness (QED) is 0.151. The van der Waals surface area contributed by atoms with Crippen LogP contribution in [0.25, 0.3) is 0 Å². The Kier molecular flexibility index (Phi) is 13.1. The Balaban J connectivity index is 1.81. The number of hydrogen-bond acceptors (Lipinski definition) is 12. The minimum absolute atomic E-state index is 0.117. The van der Waals surface area contributed by atoms with Gasteiger partial charge in [0.1, 0.15) is 0 Å². The summed E-state index contributed by atoms with van der Waals surface area (Å²) >= 11 is -4.10. The summed E-state index contributed by atoms with van der Waals surface area (Å²) in [5.74, 6) is 0.269. The summed E-state index contributed by atoms with van der Waals surface area (Å²) < 4.78 is 49.7. The van der Waals surface area contributed by atoms with Crippen LogP contribution in [-0.2, 0) is 34.0 Å². The van der Waals surface area contributed by atoms with Gasteiger partial charge in [-0.15, -0.1) is 0 Å². The second-order valence-electron chi connectivity index (χ2n) is 8.52. The molecule has 3 aromatic heterocycles. The summed E-state index contributed by atoms with van der Waals surface area (Å²) in [6.45, 7) is 7.77. The first-order valence-corrected chi connectivity index (χ1v) is 16.0. The Bertz CT molecular complexity index is 1200. The van der Waals surface area contributed by atoms with Crippen molar-refractivity contribution in [2.75, 3.05) is 19.8 Å². The summed E-state index contributed by atoms with van der Waals surface area (Å²) in [5, 5.41) is 0. The molecule has 0 saturated heterocycles. The minimum atomic E-state index is -4.10.